The van der Waals surface area contributed by atoms with Crippen LogP contribution in [0.25, 0.3) is 11.0 Å². The predicted molar refractivity (Wildman–Crippen MR) is 146 cm³/mol. The van der Waals surface area contributed by atoms with Crippen LogP contribution in [-0.2, 0) is 13.7 Å². The molecule has 3 heterocycles. The van der Waals surface area contributed by atoms with Crippen molar-refractivity contribution >= 4 is 17.0 Å². The zero-order valence-corrected chi connectivity index (χ0v) is 22.9. The first-order valence-corrected chi connectivity index (χ1v) is 13.4. The molecule has 0 aliphatic carbocycles. The van der Waals surface area contributed by atoms with E-state index >= 15 is 0 Å². The van der Waals surface area contributed by atoms with Gasteiger partial charge < -0.3 is 19.1 Å². The summed E-state index contributed by atoms with van der Waals surface area (Å²) >= 11 is 0. The van der Waals surface area contributed by atoms with Gasteiger partial charge in [0.25, 0.3) is 0 Å². The molecule has 5 rings (SSSR count). The van der Waals surface area contributed by atoms with Gasteiger partial charge in [-0.15, -0.1) is 0 Å². The first kappa shape index (κ1) is 28.9. The average Bonchev–Trinajstić information content (AvgIpc) is 3.32. The first-order chi connectivity index (χ1) is 20.1. The third-order valence-electron chi connectivity index (χ3n) is 7.62. The van der Waals surface area contributed by atoms with E-state index in [1.807, 2.05) is 25.1 Å². The number of nitriles is 1. The summed E-state index contributed by atoms with van der Waals surface area (Å²) in [6.07, 6.45) is 1.61. The van der Waals surface area contributed by atoms with Crippen molar-refractivity contribution in [2.75, 3.05) is 13.1 Å². The third kappa shape index (κ3) is 6.01. The maximum atomic E-state index is 14.2. The Hall–Kier alpha value is -4.63. The van der Waals surface area contributed by atoms with Crippen molar-refractivity contribution in [3.63, 3.8) is 0 Å². The first-order valence-electron chi connectivity index (χ1n) is 13.4. The van der Waals surface area contributed by atoms with Crippen LogP contribution in [0.1, 0.15) is 64.7 Å². The van der Waals surface area contributed by atoms with Crippen LogP contribution in [0.4, 0.5) is 13.2 Å². The number of rotatable bonds is 9. The SMILES string of the molecule is C[C@H](c1nc2c(OC(F)F)cc(C(=O)O)cc2n1C)N1CCC(c2cccc(OCc3ccc(C#N)cc3F)n2)CC1. The lowest BCUT2D eigenvalue weighted by Crippen LogP contribution is -2.36. The van der Waals surface area contributed by atoms with Gasteiger partial charge in [0.15, 0.2) is 5.75 Å². The molecule has 1 N–H and O–H groups in total. The van der Waals surface area contributed by atoms with E-state index in [0.29, 0.717) is 22.8 Å². The molecule has 0 spiro atoms. The molecule has 0 bridgehead atoms. The molecule has 1 saturated heterocycles. The number of likely N-dealkylation sites (tertiary alicyclic amines) is 1. The van der Waals surface area contributed by atoms with Gasteiger partial charge >= 0.3 is 12.6 Å². The average molecular weight is 580 g/mol. The maximum Gasteiger partial charge on any atom is 0.387 e. The standard InChI is InChI=1S/C30H28F3N5O4/c1-17(28-36-27-24(37(28)2)13-21(29(39)40)14-25(27)42-30(32)33)38-10-8-19(9-11-38)23-4-3-5-26(35-23)41-16-20-7-6-18(15-34)12-22(20)31/h3-7,12-14,17,19,30H,8-11,16H2,1-2H3,(H,39,40)/t17-/m1/s1. The number of carboxylic acids is 1. The van der Waals surface area contributed by atoms with E-state index in [1.165, 1.54) is 24.3 Å². The third-order valence-corrected chi connectivity index (χ3v) is 7.62. The fourth-order valence-electron chi connectivity index (χ4n) is 5.33. The van der Waals surface area contributed by atoms with Crippen LogP contribution in [-0.4, -0.2) is 50.2 Å². The number of carbonyl (C=O) groups is 1. The van der Waals surface area contributed by atoms with Crippen molar-refractivity contribution in [2.24, 2.45) is 7.05 Å². The summed E-state index contributed by atoms with van der Waals surface area (Å²) in [7, 11) is 1.73. The van der Waals surface area contributed by atoms with Crippen LogP contribution < -0.4 is 9.47 Å². The number of benzene rings is 2. The van der Waals surface area contributed by atoms with Gasteiger partial charge in [-0.1, -0.05) is 12.1 Å². The Morgan fingerprint density at radius 2 is 1.93 bits per heavy atom. The van der Waals surface area contributed by atoms with Crippen molar-refractivity contribution < 1.29 is 32.5 Å². The fraction of sp³-hybridized carbons (Fsp3) is 0.333. The van der Waals surface area contributed by atoms with Crippen LogP contribution in [0.15, 0.2) is 48.5 Å². The van der Waals surface area contributed by atoms with Gasteiger partial charge in [-0.25, -0.2) is 19.2 Å². The minimum absolute atomic E-state index is 0.0139. The topological polar surface area (TPSA) is 113 Å². The van der Waals surface area contributed by atoms with E-state index in [0.717, 1.165) is 37.7 Å². The molecule has 42 heavy (non-hydrogen) atoms. The quantitative estimate of drug-likeness (QED) is 0.265. The van der Waals surface area contributed by atoms with E-state index in [1.54, 1.807) is 17.7 Å². The summed E-state index contributed by atoms with van der Waals surface area (Å²) in [5, 5.41) is 18.4. The van der Waals surface area contributed by atoms with Crippen molar-refractivity contribution in [1.82, 2.24) is 19.4 Å². The Balaban J connectivity index is 1.26. The number of imidazole rings is 1. The summed E-state index contributed by atoms with van der Waals surface area (Å²) in [6.45, 7) is 0.286. The van der Waals surface area contributed by atoms with Crippen molar-refractivity contribution in [1.29, 1.82) is 5.26 Å². The zero-order chi connectivity index (χ0) is 30.0. The Morgan fingerprint density at radius 3 is 2.60 bits per heavy atom. The lowest BCUT2D eigenvalue weighted by Gasteiger charge is -2.35. The van der Waals surface area contributed by atoms with Crippen LogP contribution in [0.2, 0.25) is 0 Å². The Morgan fingerprint density at radius 1 is 1.17 bits per heavy atom. The predicted octanol–water partition coefficient (Wildman–Crippen LogP) is 5.80. The summed E-state index contributed by atoms with van der Waals surface area (Å²) in [5.41, 5.74) is 1.86. The Kier molecular flexibility index (Phi) is 8.31. The lowest BCUT2D eigenvalue weighted by molar-refractivity contribution is -0.0489. The van der Waals surface area contributed by atoms with Crippen LogP contribution >= 0.6 is 0 Å². The number of ether oxygens (including phenoxy) is 2. The highest BCUT2D eigenvalue weighted by atomic mass is 19.3. The van der Waals surface area contributed by atoms with Gasteiger partial charge in [-0.05, 0) is 63.2 Å². The molecule has 1 aliphatic rings. The number of carboxylic acid groups (broad SMARTS) is 1. The number of aromatic nitrogens is 3. The second-order valence-corrected chi connectivity index (χ2v) is 10.1. The molecular weight excluding hydrogens is 551 g/mol. The molecule has 12 heteroatoms. The molecule has 2 aromatic carbocycles. The van der Waals surface area contributed by atoms with E-state index in [4.69, 9.17) is 10.00 Å². The molecule has 4 aromatic rings. The number of pyridine rings is 1. The number of nitrogens with zero attached hydrogens (tertiary/aromatic N) is 5. The van der Waals surface area contributed by atoms with Gasteiger partial charge in [0.2, 0.25) is 5.88 Å². The summed E-state index contributed by atoms with van der Waals surface area (Å²) in [4.78, 5) is 23.0. The molecule has 0 radical (unpaired) electrons. The number of hydrogen-bond donors (Lipinski definition) is 1. The summed E-state index contributed by atoms with van der Waals surface area (Å²) in [6, 6.07) is 13.9. The number of alkyl halides is 2. The highest BCUT2D eigenvalue weighted by Gasteiger charge is 2.29. The van der Waals surface area contributed by atoms with Crippen molar-refractivity contribution in [3.8, 4) is 17.7 Å². The highest BCUT2D eigenvalue weighted by molar-refractivity contribution is 5.95. The lowest BCUT2D eigenvalue weighted by atomic mass is 9.92. The number of aryl methyl sites for hydroxylation is 1. The number of piperidine rings is 1. The summed E-state index contributed by atoms with van der Waals surface area (Å²) in [5.74, 6) is -0.871. The van der Waals surface area contributed by atoms with E-state index < -0.39 is 18.4 Å². The second-order valence-electron chi connectivity index (χ2n) is 10.1. The molecule has 0 unspecified atom stereocenters. The molecule has 1 aliphatic heterocycles. The Bertz CT molecular complexity index is 1660. The molecule has 1 atom stereocenters. The fourth-order valence-corrected chi connectivity index (χ4v) is 5.33. The minimum Gasteiger partial charge on any atom is -0.478 e. The maximum absolute atomic E-state index is 14.2. The van der Waals surface area contributed by atoms with Crippen LogP contribution in [0.3, 0.4) is 0 Å². The molecule has 2 aromatic heterocycles. The van der Waals surface area contributed by atoms with Crippen LogP contribution in [0, 0.1) is 17.1 Å². The van der Waals surface area contributed by atoms with Crippen molar-refractivity contribution in [3.05, 3.63) is 82.6 Å². The van der Waals surface area contributed by atoms with E-state index in [2.05, 4.69) is 19.6 Å². The number of hydrogen-bond acceptors (Lipinski definition) is 7. The molecule has 9 nitrogen and oxygen atoms in total. The highest BCUT2D eigenvalue weighted by Crippen LogP contribution is 2.35. The van der Waals surface area contributed by atoms with Gasteiger partial charge in [-0.2, -0.15) is 14.0 Å². The number of halogens is 3. The van der Waals surface area contributed by atoms with Crippen LogP contribution in [0.5, 0.6) is 11.6 Å². The van der Waals surface area contributed by atoms with Gasteiger partial charge in [0, 0.05) is 30.3 Å². The van der Waals surface area contributed by atoms with E-state index in [9.17, 15) is 23.1 Å². The Labute approximate surface area is 239 Å². The van der Waals surface area contributed by atoms with Gasteiger partial charge in [0.1, 0.15) is 23.8 Å². The number of fused-ring (bicyclic) bond motifs is 1. The van der Waals surface area contributed by atoms with Gasteiger partial charge in [-0.3, -0.25) is 4.90 Å². The molecule has 1 fully saturated rings. The molecular formula is C30H28F3N5O4. The molecule has 218 valence electrons. The second kappa shape index (κ2) is 12.1. The van der Waals surface area contributed by atoms with Gasteiger partial charge in [0.05, 0.1) is 28.8 Å². The minimum atomic E-state index is -3.12. The summed E-state index contributed by atoms with van der Waals surface area (Å²) < 4.78 is 52.4. The molecule has 0 amide bonds. The monoisotopic (exact) mass is 579 g/mol. The van der Waals surface area contributed by atoms with E-state index in [-0.39, 0.29) is 41.0 Å². The normalized spacial score (nSPS) is 15.1. The molecule has 0 saturated carbocycles. The largest absolute Gasteiger partial charge is 0.478 e. The van der Waals surface area contributed by atoms with Crippen molar-refractivity contribution in [2.45, 2.75) is 44.9 Å². The number of aromatic carboxylic acids is 1. The zero-order valence-electron chi connectivity index (χ0n) is 22.9. The smallest absolute Gasteiger partial charge is 0.387 e.